The van der Waals surface area contributed by atoms with Crippen LogP contribution in [0.15, 0.2) is 30.8 Å². The van der Waals surface area contributed by atoms with Crippen LogP contribution in [0.1, 0.15) is 5.56 Å². The molecule has 1 unspecified atom stereocenters. The Morgan fingerprint density at radius 1 is 1.55 bits per heavy atom. The van der Waals surface area contributed by atoms with Crippen LogP contribution < -0.4 is 4.35 Å². The Bertz CT molecular complexity index is 294. The van der Waals surface area contributed by atoms with E-state index in [2.05, 4.69) is 6.58 Å². The summed E-state index contributed by atoms with van der Waals surface area (Å²) in [5.74, 6) is 0. The van der Waals surface area contributed by atoms with Crippen molar-refractivity contribution < 1.29 is 7.84 Å². The van der Waals surface area contributed by atoms with Crippen LogP contribution in [0.5, 0.6) is 0 Å². The first-order valence-corrected chi connectivity index (χ1v) is 6.04. The van der Waals surface area contributed by atoms with E-state index in [1.807, 2.05) is 6.07 Å². The van der Waals surface area contributed by atoms with Crippen LogP contribution in [0.3, 0.4) is 0 Å². The summed E-state index contributed by atoms with van der Waals surface area (Å²) in [6.07, 6.45) is 1.66. The Kier molecular flexibility index (Phi) is 2.75. The van der Waals surface area contributed by atoms with Crippen molar-refractivity contribution in [3.8, 4) is 0 Å². The normalized spacial score (nSPS) is 12.5. The number of hydrogen-bond acceptors (Lipinski definition) is 1. The van der Waals surface area contributed by atoms with Gasteiger partial charge in [-0.2, -0.15) is 0 Å². The first kappa shape index (κ1) is 8.38. The average molecular weight is 212 g/mol. The Balaban J connectivity index is 3.10. The zero-order chi connectivity index (χ0) is 8.27. The summed E-state index contributed by atoms with van der Waals surface area (Å²) in [6, 6.07) is 6.95. The van der Waals surface area contributed by atoms with Crippen molar-refractivity contribution in [2.24, 2.45) is 0 Å². The first-order chi connectivity index (χ1) is 5.24. The zero-order valence-electron chi connectivity index (χ0n) is 5.95. The minimum atomic E-state index is -3.11. The van der Waals surface area contributed by atoms with Crippen LogP contribution >= 0.6 is 0 Å². The van der Waals surface area contributed by atoms with E-state index < -0.39 is 14.9 Å². The third-order valence-electron chi connectivity index (χ3n) is 1.37. The fourth-order valence-electron chi connectivity index (χ4n) is 0.799. The summed E-state index contributed by atoms with van der Waals surface area (Å²) in [5.41, 5.74) is 0.886. The van der Waals surface area contributed by atoms with Gasteiger partial charge < -0.3 is 0 Å². The molecule has 0 heterocycles. The van der Waals surface area contributed by atoms with Gasteiger partial charge in [-0.15, -0.1) is 0 Å². The molecule has 0 fully saturated rings. The molecule has 0 aliphatic carbocycles. The molecule has 0 bridgehead atoms. The molecule has 3 heteroatoms. The second kappa shape index (κ2) is 3.61. The molecule has 0 saturated heterocycles. The second-order valence-electron chi connectivity index (χ2n) is 2.13. The van der Waals surface area contributed by atoms with E-state index in [0.29, 0.717) is 4.35 Å². The van der Waals surface area contributed by atoms with Gasteiger partial charge in [0.05, 0.1) is 0 Å². The molecular weight excluding hydrogens is 203 g/mol. The quantitative estimate of drug-likeness (QED) is 0.710. The Labute approximate surface area is 70.0 Å². The maximum absolute atomic E-state index is 10.7. The van der Waals surface area contributed by atoms with E-state index in [9.17, 15) is 3.74 Å². The van der Waals surface area contributed by atoms with Crippen molar-refractivity contribution >= 4 is 25.4 Å². The second-order valence-corrected chi connectivity index (χ2v) is 4.63. The van der Waals surface area contributed by atoms with Gasteiger partial charge in [0.1, 0.15) is 0 Å². The molecule has 1 atom stereocenters. The molecule has 0 aliphatic rings. The molecule has 0 saturated carbocycles. The molecule has 58 valence electrons. The van der Waals surface area contributed by atoms with Crippen LogP contribution in [0.4, 0.5) is 0 Å². The van der Waals surface area contributed by atoms with Crippen molar-refractivity contribution in [3.63, 3.8) is 0 Å². The van der Waals surface area contributed by atoms with E-state index in [1.165, 1.54) is 0 Å². The molecule has 11 heavy (non-hydrogen) atoms. The molecular formula is C8H9AsO2. The van der Waals surface area contributed by atoms with Gasteiger partial charge in [0.15, 0.2) is 0 Å². The van der Waals surface area contributed by atoms with Gasteiger partial charge in [0.2, 0.25) is 0 Å². The van der Waals surface area contributed by atoms with E-state index in [1.54, 1.807) is 24.3 Å². The van der Waals surface area contributed by atoms with Crippen molar-refractivity contribution in [2.45, 2.75) is 0 Å². The number of rotatable bonds is 2. The summed E-state index contributed by atoms with van der Waals surface area (Å²) in [5, 5.41) is 0. The van der Waals surface area contributed by atoms with Gasteiger partial charge in [0.25, 0.3) is 0 Å². The molecule has 0 spiro atoms. The predicted molar refractivity (Wildman–Crippen MR) is 46.2 cm³/mol. The third kappa shape index (κ3) is 2.11. The molecule has 1 aromatic carbocycles. The van der Waals surface area contributed by atoms with E-state index in [0.717, 1.165) is 5.56 Å². The molecule has 1 N–H and O–H groups in total. The predicted octanol–water partition coefficient (Wildman–Crippen LogP) is 0.180. The van der Waals surface area contributed by atoms with Crippen molar-refractivity contribution in [3.05, 3.63) is 36.4 Å². The van der Waals surface area contributed by atoms with Crippen LogP contribution in [0.2, 0.25) is 0 Å². The first-order valence-electron chi connectivity index (χ1n) is 3.20. The van der Waals surface area contributed by atoms with Gasteiger partial charge >= 0.3 is 69.6 Å². The van der Waals surface area contributed by atoms with E-state index in [4.69, 9.17) is 4.10 Å². The van der Waals surface area contributed by atoms with Crippen LogP contribution in [0, 0.1) is 0 Å². The van der Waals surface area contributed by atoms with Crippen LogP contribution in [0.25, 0.3) is 6.08 Å². The summed E-state index contributed by atoms with van der Waals surface area (Å²) >= 11 is -3.11. The fraction of sp³-hybridized carbons (Fsp3) is 0. The molecule has 0 aliphatic heterocycles. The van der Waals surface area contributed by atoms with Gasteiger partial charge in [-0.05, 0) is 0 Å². The van der Waals surface area contributed by atoms with Gasteiger partial charge in [-0.3, -0.25) is 0 Å². The zero-order valence-corrected chi connectivity index (χ0v) is 8.05. The third-order valence-corrected chi connectivity index (χ3v) is 3.06. The maximum atomic E-state index is 10.7. The number of hydrogen-bond donors (Lipinski definition) is 1. The summed E-state index contributed by atoms with van der Waals surface area (Å²) in [4.78, 5) is 0. The van der Waals surface area contributed by atoms with Gasteiger partial charge in [0, 0.05) is 0 Å². The van der Waals surface area contributed by atoms with E-state index >= 15 is 0 Å². The monoisotopic (exact) mass is 212 g/mol. The topological polar surface area (TPSA) is 37.3 Å². The summed E-state index contributed by atoms with van der Waals surface area (Å²) in [6.45, 7) is 3.57. The average Bonchev–Trinajstić information content (AvgIpc) is 2.05. The molecule has 2 nitrogen and oxygen atoms in total. The van der Waals surface area contributed by atoms with Crippen molar-refractivity contribution in [1.82, 2.24) is 0 Å². The fourth-order valence-corrected chi connectivity index (χ4v) is 1.91. The Morgan fingerprint density at radius 2 is 2.27 bits per heavy atom. The molecule has 1 rings (SSSR count). The molecule has 0 amide bonds. The Hall–Kier alpha value is -0.722. The molecule has 0 radical (unpaired) electrons. The SMILES string of the molecule is C=Cc1cccc([AsH](=O)O)c1. The van der Waals surface area contributed by atoms with E-state index in [-0.39, 0.29) is 0 Å². The van der Waals surface area contributed by atoms with Crippen molar-refractivity contribution in [2.75, 3.05) is 0 Å². The van der Waals surface area contributed by atoms with Crippen LogP contribution in [-0.4, -0.2) is 19.0 Å². The van der Waals surface area contributed by atoms with Crippen molar-refractivity contribution in [1.29, 1.82) is 0 Å². The van der Waals surface area contributed by atoms with Gasteiger partial charge in [-0.25, -0.2) is 0 Å². The standard InChI is InChI=1S/C8H9AsO2/c1-2-7-4-3-5-8(6-7)9(10)11/h2-6,9H,1H2,(H,10,11). The number of benzene rings is 1. The minimum absolute atomic E-state index is 0.544. The Morgan fingerprint density at radius 3 is 2.82 bits per heavy atom. The summed E-state index contributed by atoms with van der Waals surface area (Å²) in [7, 11) is 0. The summed E-state index contributed by atoms with van der Waals surface area (Å²) < 4.78 is 20.0. The molecule has 1 aromatic rings. The van der Waals surface area contributed by atoms with Crippen LogP contribution in [-0.2, 0) is 3.74 Å². The van der Waals surface area contributed by atoms with Gasteiger partial charge in [-0.1, -0.05) is 0 Å². The molecule has 0 aromatic heterocycles.